The third-order valence-corrected chi connectivity index (χ3v) is 3.56. The number of carbonyl (C=O) groups excluding carboxylic acids is 1. The van der Waals surface area contributed by atoms with Gasteiger partial charge in [0.15, 0.2) is 0 Å². The number of nitrogens with zero attached hydrogens (tertiary/aromatic N) is 1. The van der Waals surface area contributed by atoms with Crippen LogP contribution in [-0.4, -0.2) is 58.0 Å². The van der Waals surface area contributed by atoms with Crippen LogP contribution in [-0.2, 0) is 4.79 Å². The number of alkyl halides is 3. The van der Waals surface area contributed by atoms with Gasteiger partial charge in [0.2, 0.25) is 5.54 Å². The SMILES string of the molecule is CC1CCN(C(=O)NC(C)(C(=O)O)C(F)(F)F)CC1O. The fourth-order valence-corrected chi connectivity index (χ4v) is 1.77. The lowest BCUT2D eigenvalue weighted by atomic mass is 9.96. The molecule has 3 N–H and O–H groups in total. The maximum atomic E-state index is 12.8. The Morgan fingerprint density at radius 2 is 1.90 bits per heavy atom. The van der Waals surface area contributed by atoms with Crippen molar-refractivity contribution in [1.82, 2.24) is 10.2 Å². The quantitative estimate of drug-likeness (QED) is 0.703. The van der Waals surface area contributed by atoms with Crippen molar-refractivity contribution in [2.75, 3.05) is 13.1 Å². The van der Waals surface area contributed by atoms with Gasteiger partial charge in [-0.05, 0) is 19.3 Å². The van der Waals surface area contributed by atoms with E-state index in [1.807, 2.05) is 0 Å². The third-order valence-electron chi connectivity index (χ3n) is 3.56. The van der Waals surface area contributed by atoms with Gasteiger partial charge >= 0.3 is 18.2 Å². The normalized spacial score (nSPS) is 26.8. The Balaban J connectivity index is 2.81. The van der Waals surface area contributed by atoms with Gasteiger partial charge in [0, 0.05) is 13.1 Å². The van der Waals surface area contributed by atoms with Crippen molar-refractivity contribution in [1.29, 1.82) is 0 Å². The van der Waals surface area contributed by atoms with E-state index in [2.05, 4.69) is 0 Å². The van der Waals surface area contributed by atoms with Crippen molar-refractivity contribution in [2.24, 2.45) is 5.92 Å². The van der Waals surface area contributed by atoms with Gasteiger partial charge in [0.25, 0.3) is 0 Å². The van der Waals surface area contributed by atoms with Gasteiger partial charge in [-0.3, -0.25) is 0 Å². The summed E-state index contributed by atoms with van der Waals surface area (Å²) in [4.78, 5) is 23.5. The Kier molecular flexibility index (Phi) is 4.52. The maximum Gasteiger partial charge on any atom is 0.422 e. The molecule has 0 bridgehead atoms. The summed E-state index contributed by atoms with van der Waals surface area (Å²) >= 11 is 0. The first kappa shape index (κ1) is 16.5. The largest absolute Gasteiger partial charge is 0.479 e. The highest BCUT2D eigenvalue weighted by Gasteiger charge is 2.59. The minimum atomic E-state index is -5.13. The molecule has 0 spiro atoms. The number of piperidine rings is 1. The van der Waals surface area contributed by atoms with Crippen LogP contribution in [0.1, 0.15) is 20.3 Å². The first-order valence-electron chi connectivity index (χ1n) is 6.04. The zero-order valence-corrected chi connectivity index (χ0v) is 11.1. The van der Waals surface area contributed by atoms with Crippen molar-refractivity contribution in [3.63, 3.8) is 0 Å². The van der Waals surface area contributed by atoms with E-state index in [1.54, 1.807) is 6.92 Å². The lowest BCUT2D eigenvalue weighted by molar-refractivity contribution is -0.203. The number of hydrogen-bond donors (Lipinski definition) is 3. The molecule has 3 atom stereocenters. The number of rotatable bonds is 2. The van der Waals surface area contributed by atoms with Crippen molar-refractivity contribution in [2.45, 2.75) is 38.1 Å². The molecule has 0 saturated carbocycles. The van der Waals surface area contributed by atoms with Crippen LogP contribution in [0, 0.1) is 5.92 Å². The third kappa shape index (κ3) is 3.14. The smallest absolute Gasteiger partial charge is 0.422 e. The van der Waals surface area contributed by atoms with E-state index in [1.165, 1.54) is 5.32 Å². The molecular formula is C11H17F3N2O4. The number of urea groups is 1. The van der Waals surface area contributed by atoms with E-state index >= 15 is 0 Å². The molecule has 1 aliphatic heterocycles. The highest BCUT2D eigenvalue weighted by molar-refractivity contribution is 5.86. The fourth-order valence-electron chi connectivity index (χ4n) is 1.77. The second-order valence-electron chi connectivity index (χ2n) is 5.14. The van der Waals surface area contributed by atoms with Crippen molar-refractivity contribution < 1.29 is 33.0 Å². The summed E-state index contributed by atoms with van der Waals surface area (Å²) in [6.45, 7) is 2.19. The summed E-state index contributed by atoms with van der Waals surface area (Å²) < 4.78 is 38.3. The number of β-amino-alcohol motifs (C(OH)–C–C–N with tert-alkyl or cyclic N) is 1. The predicted octanol–water partition coefficient (Wildman–Crippen LogP) is 0.804. The van der Waals surface area contributed by atoms with Crippen LogP contribution in [0.25, 0.3) is 0 Å². The topological polar surface area (TPSA) is 89.9 Å². The van der Waals surface area contributed by atoms with Crippen LogP contribution in [0.4, 0.5) is 18.0 Å². The molecule has 20 heavy (non-hydrogen) atoms. The van der Waals surface area contributed by atoms with Gasteiger partial charge in [-0.1, -0.05) is 6.92 Å². The predicted molar refractivity (Wildman–Crippen MR) is 62.0 cm³/mol. The van der Waals surface area contributed by atoms with E-state index < -0.39 is 29.8 Å². The number of nitrogens with one attached hydrogen (secondary N) is 1. The molecule has 9 heteroatoms. The van der Waals surface area contributed by atoms with E-state index in [0.29, 0.717) is 13.3 Å². The fraction of sp³-hybridized carbons (Fsp3) is 0.818. The van der Waals surface area contributed by atoms with Gasteiger partial charge in [-0.25, -0.2) is 9.59 Å². The molecule has 116 valence electrons. The molecule has 1 heterocycles. The molecule has 3 unspecified atom stereocenters. The van der Waals surface area contributed by atoms with Gasteiger partial charge in [-0.15, -0.1) is 0 Å². The van der Waals surface area contributed by atoms with Crippen molar-refractivity contribution in [3.8, 4) is 0 Å². The highest BCUT2D eigenvalue weighted by Crippen LogP contribution is 2.30. The monoisotopic (exact) mass is 298 g/mol. The average molecular weight is 298 g/mol. The van der Waals surface area contributed by atoms with Gasteiger partial charge < -0.3 is 20.4 Å². The summed E-state index contributed by atoms with van der Waals surface area (Å²) in [5, 5.41) is 19.8. The van der Waals surface area contributed by atoms with Crippen LogP contribution in [0.2, 0.25) is 0 Å². The second kappa shape index (κ2) is 5.47. The van der Waals surface area contributed by atoms with Crippen molar-refractivity contribution in [3.05, 3.63) is 0 Å². The number of carbonyl (C=O) groups is 2. The van der Waals surface area contributed by atoms with Crippen LogP contribution in [0.5, 0.6) is 0 Å². The zero-order chi connectivity index (χ0) is 15.7. The number of halogens is 3. The van der Waals surface area contributed by atoms with Gasteiger partial charge in [-0.2, -0.15) is 13.2 Å². The minimum absolute atomic E-state index is 0.0625. The molecule has 0 aliphatic carbocycles. The molecular weight excluding hydrogens is 281 g/mol. The van der Waals surface area contributed by atoms with Crippen LogP contribution in [0.15, 0.2) is 0 Å². The molecule has 0 aromatic heterocycles. The first-order chi connectivity index (χ1) is 8.99. The number of amides is 2. The zero-order valence-electron chi connectivity index (χ0n) is 11.1. The average Bonchev–Trinajstić information content (AvgIpc) is 2.30. The Morgan fingerprint density at radius 1 is 1.35 bits per heavy atom. The van der Waals surface area contributed by atoms with Crippen molar-refractivity contribution >= 4 is 12.0 Å². The molecule has 2 amide bonds. The van der Waals surface area contributed by atoms with Crippen LogP contribution < -0.4 is 5.32 Å². The maximum absolute atomic E-state index is 12.8. The molecule has 1 saturated heterocycles. The molecule has 1 aliphatic rings. The van der Waals surface area contributed by atoms with Crippen LogP contribution >= 0.6 is 0 Å². The molecule has 6 nitrogen and oxygen atoms in total. The molecule has 0 radical (unpaired) electrons. The number of hydrogen-bond acceptors (Lipinski definition) is 3. The first-order valence-corrected chi connectivity index (χ1v) is 6.04. The Morgan fingerprint density at radius 3 is 2.30 bits per heavy atom. The molecule has 0 aromatic carbocycles. The van der Waals surface area contributed by atoms with E-state index in [9.17, 15) is 27.9 Å². The lowest BCUT2D eigenvalue weighted by Gasteiger charge is -2.37. The van der Waals surface area contributed by atoms with Crippen LogP contribution in [0.3, 0.4) is 0 Å². The van der Waals surface area contributed by atoms with Gasteiger partial charge in [0.1, 0.15) is 0 Å². The van der Waals surface area contributed by atoms with E-state index in [-0.39, 0.29) is 19.0 Å². The molecule has 0 aromatic rings. The molecule has 1 rings (SSSR count). The summed E-state index contributed by atoms with van der Waals surface area (Å²) in [7, 11) is 0. The highest BCUT2D eigenvalue weighted by atomic mass is 19.4. The Hall–Kier alpha value is -1.51. The number of carboxylic acid groups (broad SMARTS) is 1. The number of aliphatic hydroxyl groups is 1. The Bertz CT molecular complexity index is 402. The standard InChI is InChI=1S/C11H17F3N2O4/c1-6-3-4-16(5-7(6)17)9(20)15-10(2,8(18)19)11(12,13)14/h6-7,17H,3-5H2,1-2H3,(H,15,20)(H,18,19). The van der Waals surface area contributed by atoms with Gasteiger partial charge in [0.05, 0.1) is 6.10 Å². The summed E-state index contributed by atoms with van der Waals surface area (Å²) in [5.74, 6) is -2.25. The Labute approximate surface area is 113 Å². The lowest BCUT2D eigenvalue weighted by Crippen LogP contribution is -2.65. The summed E-state index contributed by atoms with van der Waals surface area (Å²) in [6, 6.07) is -1.15. The van der Waals surface area contributed by atoms with E-state index in [0.717, 1.165) is 4.90 Å². The number of aliphatic carboxylic acids is 1. The second-order valence-corrected chi connectivity index (χ2v) is 5.14. The summed E-state index contributed by atoms with van der Waals surface area (Å²) in [6.07, 6.45) is -5.53. The number of carboxylic acids is 1. The molecule has 1 fully saturated rings. The minimum Gasteiger partial charge on any atom is -0.479 e. The number of likely N-dealkylation sites (tertiary alicyclic amines) is 1. The van der Waals surface area contributed by atoms with E-state index in [4.69, 9.17) is 5.11 Å². The summed E-state index contributed by atoms with van der Waals surface area (Å²) in [5.41, 5.74) is -3.36. The number of aliphatic hydroxyl groups excluding tert-OH is 1.